The van der Waals surface area contributed by atoms with Crippen LogP contribution in [0.5, 0.6) is 0 Å². The van der Waals surface area contributed by atoms with Gasteiger partial charge in [-0.2, -0.15) is 0 Å². The van der Waals surface area contributed by atoms with Gasteiger partial charge in [0.25, 0.3) is 0 Å². The number of fused-ring (bicyclic) bond motifs is 1. The smallest absolute Gasteiger partial charge is 0.230 e. The van der Waals surface area contributed by atoms with E-state index in [0.717, 1.165) is 31.3 Å². The van der Waals surface area contributed by atoms with Crippen molar-refractivity contribution < 1.29 is 14.0 Å². The maximum Gasteiger partial charge on any atom is 0.230 e. The molecule has 1 fully saturated rings. The van der Waals surface area contributed by atoms with Crippen LogP contribution in [0.1, 0.15) is 36.0 Å². The molecule has 1 amide bonds. The third-order valence-corrected chi connectivity index (χ3v) is 3.80. The number of nitrogens with zero attached hydrogens (tertiary/aromatic N) is 1. The number of benzene rings is 1. The quantitative estimate of drug-likeness (QED) is 0.637. The third-order valence-electron chi connectivity index (χ3n) is 3.80. The van der Waals surface area contributed by atoms with Crippen LogP contribution in [0.25, 0.3) is 11.0 Å². The van der Waals surface area contributed by atoms with Gasteiger partial charge in [0.05, 0.1) is 12.0 Å². The van der Waals surface area contributed by atoms with Gasteiger partial charge >= 0.3 is 0 Å². The van der Waals surface area contributed by atoms with Gasteiger partial charge in [-0.1, -0.05) is 18.2 Å². The Bertz CT molecular complexity index is 638. The molecule has 3 rings (SSSR count). The maximum absolute atomic E-state index is 12.3. The summed E-state index contributed by atoms with van der Waals surface area (Å²) in [6.07, 6.45) is 4.63. The molecule has 2 heterocycles. The molecule has 4 nitrogen and oxygen atoms in total. The average Bonchev–Trinajstić information content (AvgIpc) is 2.92. The second-order valence-corrected chi connectivity index (χ2v) is 5.19. The number of Topliss-reactive ketones (excluding diaryl/α,β-unsaturated/α-hetero) is 1. The summed E-state index contributed by atoms with van der Waals surface area (Å²) in [5, 5.41) is 0.781. The first-order chi connectivity index (χ1) is 9.75. The zero-order chi connectivity index (χ0) is 13.9. The molecule has 1 aliphatic heterocycles. The molecule has 1 aromatic heterocycles. The molecular weight excluding hydrogens is 254 g/mol. The van der Waals surface area contributed by atoms with E-state index < -0.39 is 0 Å². The van der Waals surface area contributed by atoms with E-state index in [2.05, 4.69) is 0 Å². The molecule has 4 heteroatoms. The van der Waals surface area contributed by atoms with Gasteiger partial charge in [-0.25, -0.2) is 0 Å². The molecule has 20 heavy (non-hydrogen) atoms. The Balaban J connectivity index is 1.74. The van der Waals surface area contributed by atoms with Crippen LogP contribution in [0.4, 0.5) is 0 Å². The minimum atomic E-state index is -0.162. The van der Waals surface area contributed by atoms with Gasteiger partial charge in [0.2, 0.25) is 5.91 Å². The normalized spacial score (nSPS) is 15.5. The summed E-state index contributed by atoms with van der Waals surface area (Å²) < 4.78 is 5.35. The van der Waals surface area contributed by atoms with Crippen molar-refractivity contribution in [2.45, 2.75) is 25.7 Å². The number of hydrogen-bond donors (Lipinski definition) is 0. The Kier molecular flexibility index (Phi) is 3.54. The van der Waals surface area contributed by atoms with Crippen molar-refractivity contribution in [3.05, 3.63) is 36.1 Å². The van der Waals surface area contributed by atoms with Crippen LogP contribution in [0.3, 0.4) is 0 Å². The van der Waals surface area contributed by atoms with Crippen LogP contribution in [0.15, 0.2) is 34.9 Å². The molecule has 0 atom stereocenters. The van der Waals surface area contributed by atoms with Gasteiger partial charge in [0, 0.05) is 18.5 Å². The molecule has 0 saturated carbocycles. The first kappa shape index (κ1) is 12.9. The average molecular weight is 271 g/mol. The summed E-state index contributed by atoms with van der Waals surface area (Å²) in [4.78, 5) is 26.2. The number of para-hydroxylation sites is 1. The molecule has 1 aromatic carbocycles. The highest BCUT2D eigenvalue weighted by Crippen LogP contribution is 2.22. The molecule has 0 N–H and O–H groups in total. The van der Waals surface area contributed by atoms with Crippen LogP contribution in [-0.4, -0.2) is 29.7 Å². The fourth-order valence-corrected chi connectivity index (χ4v) is 2.68. The van der Waals surface area contributed by atoms with Crippen molar-refractivity contribution >= 4 is 22.7 Å². The fraction of sp³-hybridized carbons (Fsp3) is 0.375. The van der Waals surface area contributed by atoms with Gasteiger partial charge in [0.15, 0.2) is 5.78 Å². The molecule has 0 bridgehead atoms. The van der Waals surface area contributed by atoms with Crippen molar-refractivity contribution in [1.82, 2.24) is 4.90 Å². The minimum absolute atomic E-state index is 0.0659. The number of ketones is 1. The first-order valence-electron chi connectivity index (χ1n) is 7.03. The Labute approximate surface area is 117 Å². The van der Waals surface area contributed by atoms with Crippen molar-refractivity contribution in [3.63, 3.8) is 0 Å². The van der Waals surface area contributed by atoms with E-state index in [0.29, 0.717) is 11.1 Å². The third kappa shape index (κ3) is 2.46. The predicted molar refractivity (Wildman–Crippen MR) is 75.6 cm³/mol. The largest absolute Gasteiger partial charge is 0.464 e. The first-order valence-corrected chi connectivity index (χ1v) is 7.03. The molecule has 2 aromatic rings. The van der Waals surface area contributed by atoms with E-state index in [-0.39, 0.29) is 18.1 Å². The lowest BCUT2D eigenvalue weighted by Crippen LogP contribution is -2.36. The van der Waals surface area contributed by atoms with Crippen LogP contribution in [-0.2, 0) is 4.79 Å². The number of rotatable bonds is 3. The van der Waals surface area contributed by atoms with Crippen LogP contribution >= 0.6 is 0 Å². The van der Waals surface area contributed by atoms with Gasteiger partial charge in [-0.15, -0.1) is 0 Å². The highest BCUT2D eigenvalue weighted by atomic mass is 16.3. The number of carbonyl (C=O) groups is 2. The zero-order valence-electron chi connectivity index (χ0n) is 11.3. The molecule has 0 radical (unpaired) electrons. The number of amides is 1. The molecular formula is C16H17NO3. The van der Waals surface area contributed by atoms with E-state index >= 15 is 0 Å². The van der Waals surface area contributed by atoms with Crippen LogP contribution < -0.4 is 0 Å². The van der Waals surface area contributed by atoms with Gasteiger partial charge in [-0.3, -0.25) is 9.59 Å². The highest BCUT2D eigenvalue weighted by Gasteiger charge is 2.22. The zero-order valence-corrected chi connectivity index (χ0v) is 11.3. The predicted octanol–water partition coefficient (Wildman–Crippen LogP) is 3.02. The second kappa shape index (κ2) is 5.49. The molecule has 0 aliphatic carbocycles. The Morgan fingerprint density at radius 3 is 2.65 bits per heavy atom. The Morgan fingerprint density at radius 1 is 1.10 bits per heavy atom. The minimum Gasteiger partial charge on any atom is -0.464 e. The van der Waals surface area contributed by atoms with Gasteiger partial charge < -0.3 is 9.32 Å². The number of furan rings is 1. The molecule has 0 unspecified atom stereocenters. The number of piperidine rings is 1. The molecule has 104 valence electrons. The number of likely N-dealkylation sites (tertiary alicyclic amines) is 1. The number of hydrogen-bond acceptors (Lipinski definition) is 3. The maximum atomic E-state index is 12.3. The van der Waals surface area contributed by atoms with Crippen molar-refractivity contribution in [3.8, 4) is 0 Å². The lowest BCUT2D eigenvalue weighted by Gasteiger charge is -2.26. The van der Waals surface area contributed by atoms with E-state index in [4.69, 9.17) is 4.42 Å². The van der Waals surface area contributed by atoms with E-state index in [1.54, 1.807) is 4.90 Å². The summed E-state index contributed by atoms with van der Waals surface area (Å²) in [5.41, 5.74) is 1.19. The molecule has 0 spiro atoms. The molecule has 1 saturated heterocycles. The lowest BCUT2D eigenvalue weighted by atomic mass is 10.1. The van der Waals surface area contributed by atoms with E-state index in [9.17, 15) is 9.59 Å². The van der Waals surface area contributed by atoms with Gasteiger partial charge in [-0.05, 0) is 25.3 Å². The highest BCUT2D eigenvalue weighted by molar-refractivity contribution is 6.13. The standard InChI is InChI=1S/C16H17NO3/c18-14(10-16(19)17-8-4-1-5-9-17)13-11-20-15-7-3-2-6-12(13)15/h2-3,6-7,11H,1,4-5,8-10H2. The monoisotopic (exact) mass is 271 g/mol. The Morgan fingerprint density at radius 2 is 1.85 bits per heavy atom. The van der Waals surface area contributed by atoms with Crippen molar-refractivity contribution in [2.24, 2.45) is 0 Å². The summed E-state index contributed by atoms with van der Waals surface area (Å²) in [6, 6.07) is 7.38. The van der Waals surface area contributed by atoms with Crippen molar-refractivity contribution in [1.29, 1.82) is 0 Å². The second-order valence-electron chi connectivity index (χ2n) is 5.19. The van der Waals surface area contributed by atoms with Gasteiger partial charge in [0.1, 0.15) is 11.8 Å². The van der Waals surface area contributed by atoms with Crippen molar-refractivity contribution in [2.75, 3.05) is 13.1 Å². The summed E-state index contributed by atoms with van der Waals surface area (Å²) in [6.45, 7) is 1.55. The summed E-state index contributed by atoms with van der Waals surface area (Å²) in [5.74, 6) is -0.231. The molecule has 1 aliphatic rings. The van der Waals surface area contributed by atoms with E-state index in [1.165, 1.54) is 12.7 Å². The number of carbonyl (C=O) groups excluding carboxylic acids is 2. The summed E-state index contributed by atoms with van der Waals surface area (Å²) in [7, 11) is 0. The summed E-state index contributed by atoms with van der Waals surface area (Å²) >= 11 is 0. The SMILES string of the molecule is O=C(CC(=O)N1CCCCC1)c1coc2ccccc12. The fourth-order valence-electron chi connectivity index (χ4n) is 2.68. The van der Waals surface area contributed by atoms with Crippen LogP contribution in [0, 0.1) is 0 Å². The van der Waals surface area contributed by atoms with E-state index in [1.807, 2.05) is 24.3 Å². The van der Waals surface area contributed by atoms with Crippen LogP contribution in [0.2, 0.25) is 0 Å². The topological polar surface area (TPSA) is 50.5 Å². The lowest BCUT2D eigenvalue weighted by molar-refractivity contribution is -0.131. The Hall–Kier alpha value is -2.10.